The molecule has 0 radical (unpaired) electrons. The van der Waals surface area contributed by atoms with Gasteiger partial charge in [-0.05, 0) is 62.1 Å². The molecule has 0 aliphatic carbocycles. The van der Waals surface area contributed by atoms with Crippen molar-refractivity contribution in [2.75, 3.05) is 13.1 Å². The molecule has 2 aromatic carbocycles. The maximum Gasteiger partial charge on any atom is 0.335 e. The van der Waals surface area contributed by atoms with Crippen molar-refractivity contribution >= 4 is 17.8 Å². The van der Waals surface area contributed by atoms with Crippen LogP contribution in [0.1, 0.15) is 55.0 Å². The Morgan fingerprint density at radius 2 is 1.64 bits per heavy atom. The Bertz CT molecular complexity index is 915. The summed E-state index contributed by atoms with van der Waals surface area (Å²) in [6.45, 7) is 4.72. The molecule has 0 atom stereocenters. The highest BCUT2D eigenvalue weighted by Gasteiger charge is 2.25. The predicted molar refractivity (Wildman–Crippen MR) is 106 cm³/mol. The first-order valence-electron chi connectivity index (χ1n) is 9.36. The average molecular weight is 380 g/mol. The fourth-order valence-electron chi connectivity index (χ4n) is 3.53. The summed E-state index contributed by atoms with van der Waals surface area (Å²) in [5.41, 5.74) is 2.84. The number of benzene rings is 2. The molecule has 1 saturated heterocycles. The summed E-state index contributed by atoms with van der Waals surface area (Å²) >= 11 is 0. The summed E-state index contributed by atoms with van der Waals surface area (Å²) in [5.74, 6) is -1.31. The van der Waals surface area contributed by atoms with E-state index >= 15 is 0 Å². The van der Waals surface area contributed by atoms with Crippen molar-refractivity contribution in [3.05, 3.63) is 70.3 Å². The maximum absolute atomic E-state index is 12.8. The van der Waals surface area contributed by atoms with Crippen LogP contribution in [0.15, 0.2) is 42.5 Å². The zero-order chi connectivity index (χ0) is 20.3. The number of hydrogen-bond acceptors (Lipinski definition) is 3. The van der Waals surface area contributed by atoms with E-state index in [0.717, 1.165) is 11.1 Å². The Kier molecular flexibility index (Phi) is 5.78. The lowest BCUT2D eigenvalue weighted by Crippen LogP contribution is -2.46. The molecule has 1 aliphatic rings. The van der Waals surface area contributed by atoms with E-state index in [2.05, 4.69) is 5.32 Å². The smallest absolute Gasteiger partial charge is 0.335 e. The molecule has 146 valence electrons. The number of rotatable bonds is 4. The highest BCUT2D eigenvalue weighted by Crippen LogP contribution is 2.17. The van der Waals surface area contributed by atoms with Crippen molar-refractivity contribution in [1.82, 2.24) is 10.2 Å². The summed E-state index contributed by atoms with van der Waals surface area (Å²) in [5, 5.41) is 12.2. The third kappa shape index (κ3) is 4.39. The van der Waals surface area contributed by atoms with Gasteiger partial charge < -0.3 is 15.3 Å². The van der Waals surface area contributed by atoms with Crippen LogP contribution in [-0.4, -0.2) is 46.9 Å². The number of aryl methyl sites for hydroxylation is 2. The van der Waals surface area contributed by atoms with Crippen LogP contribution in [0.4, 0.5) is 0 Å². The Labute approximate surface area is 164 Å². The molecular formula is C22H24N2O4. The van der Waals surface area contributed by atoms with Gasteiger partial charge in [-0.2, -0.15) is 0 Å². The van der Waals surface area contributed by atoms with Crippen LogP contribution in [0, 0.1) is 13.8 Å². The van der Waals surface area contributed by atoms with E-state index in [9.17, 15) is 19.5 Å². The number of nitrogens with zero attached hydrogens (tertiary/aromatic N) is 1. The monoisotopic (exact) mass is 380 g/mol. The Hall–Kier alpha value is -3.15. The third-order valence-electron chi connectivity index (χ3n) is 5.08. The quantitative estimate of drug-likeness (QED) is 0.854. The maximum atomic E-state index is 12.8. The molecule has 1 aliphatic heterocycles. The predicted octanol–water partition coefficient (Wildman–Crippen LogP) is 3.04. The highest BCUT2D eigenvalue weighted by molar-refractivity contribution is 5.98. The average Bonchev–Trinajstić information content (AvgIpc) is 2.67. The standard InChI is InChI=1S/C22H24N2O4/c1-14-11-16(13-17(12-14)22(27)28)21(26)24-9-7-18(8-10-24)23-20(25)19-6-4-3-5-15(19)2/h3-6,11-13,18H,7-10H2,1-2H3,(H,23,25)(H,27,28). The number of aromatic carboxylic acids is 1. The van der Waals surface area contributed by atoms with Gasteiger partial charge >= 0.3 is 5.97 Å². The lowest BCUT2D eigenvalue weighted by Gasteiger charge is -2.32. The number of likely N-dealkylation sites (tertiary alicyclic amines) is 1. The lowest BCUT2D eigenvalue weighted by atomic mass is 10.0. The summed E-state index contributed by atoms with van der Waals surface area (Å²) < 4.78 is 0. The number of hydrogen-bond donors (Lipinski definition) is 2. The number of carboxylic acid groups (broad SMARTS) is 1. The van der Waals surface area contributed by atoms with Crippen LogP contribution in [0.5, 0.6) is 0 Å². The van der Waals surface area contributed by atoms with Gasteiger partial charge in [0.05, 0.1) is 5.56 Å². The van der Waals surface area contributed by atoms with E-state index in [1.165, 1.54) is 6.07 Å². The van der Waals surface area contributed by atoms with E-state index in [4.69, 9.17) is 0 Å². The minimum absolute atomic E-state index is 0.0169. The summed E-state index contributed by atoms with van der Waals surface area (Å²) in [7, 11) is 0. The van der Waals surface area contributed by atoms with Gasteiger partial charge in [-0.1, -0.05) is 18.2 Å². The molecule has 28 heavy (non-hydrogen) atoms. The topological polar surface area (TPSA) is 86.7 Å². The summed E-state index contributed by atoms with van der Waals surface area (Å²) in [6.07, 6.45) is 1.34. The molecule has 0 saturated carbocycles. The number of piperidine rings is 1. The molecule has 6 nitrogen and oxygen atoms in total. The van der Waals surface area contributed by atoms with Gasteiger partial charge in [0.1, 0.15) is 0 Å². The van der Waals surface area contributed by atoms with Crippen molar-refractivity contribution in [3.8, 4) is 0 Å². The van der Waals surface area contributed by atoms with Crippen LogP contribution in [0.2, 0.25) is 0 Å². The number of carbonyl (C=O) groups excluding carboxylic acids is 2. The molecule has 3 rings (SSSR count). The normalized spacial score (nSPS) is 14.6. The zero-order valence-corrected chi connectivity index (χ0v) is 16.1. The van der Waals surface area contributed by atoms with Gasteiger partial charge in [-0.3, -0.25) is 9.59 Å². The van der Waals surface area contributed by atoms with Gasteiger partial charge in [-0.15, -0.1) is 0 Å². The largest absolute Gasteiger partial charge is 0.478 e. The van der Waals surface area contributed by atoms with Gasteiger partial charge in [0.2, 0.25) is 0 Å². The van der Waals surface area contributed by atoms with Crippen molar-refractivity contribution in [2.24, 2.45) is 0 Å². The second-order valence-electron chi connectivity index (χ2n) is 7.25. The fourth-order valence-corrected chi connectivity index (χ4v) is 3.53. The van der Waals surface area contributed by atoms with Gasteiger partial charge in [-0.25, -0.2) is 4.79 Å². The molecule has 1 fully saturated rings. The van der Waals surface area contributed by atoms with Gasteiger partial charge in [0.25, 0.3) is 11.8 Å². The van der Waals surface area contributed by atoms with Crippen LogP contribution in [-0.2, 0) is 0 Å². The van der Waals surface area contributed by atoms with Crippen molar-refractivity contribution in [3.63, 3.8) is 0 Å². The van der Waals surface area contributed by atoms with Crippen LogP contribution < -0.4 is 5.32 Å². The molecule has 0 aromatic heterocycles. The van der Waals surface area contributed by atoms with Crippen LogP contribution >= 0.6 is 0 Å². The second kappa shape index (κ2) is 8.25. The van der Waals surface area contributed by atoms with Crippen molar-refractivity contribution in [1.29, 1.82) is 0 Å². The fraction of sp³-hybridized carbons (Fsp3) is 0.318. The Balaban J connectivity index is 1.61. The number of carbonyl (C=O) groups is 3. The highest BCUT2D eigenvalue weighted by atomic mass is 16.4. The van der Waals surface area contributed by atoms with E-state index in [1.54, 1.807) is 30.0 Å². The number of carboxylic acids is 1. The molecule has 0 unspecified atom stereocenters. The van der Waals surface area contributed by atoms with E-state index in [0.29, 0.717) is 37.1 Å². The van der Waals surface area contributed by atoms with Crippen LogP contribution in [0.3, 0.4) is 0 Å². The van der Waals surface area contributed by atoms with Gasteiger partial charge in [0, 0.05) is 30.3 Å². The molecule has 2 aromatic rings. The van der Waals surface area contributed by atoms with Gasteiger partial charge in [0.15, 0.2) is 0 Å². The molecule has 2 amide bonds. The molecule has 1 heterocycles. The lowest BCUT2D eigenvalue weighted by molar-refractivity contribution is 0.0695. The minimum atomic E-state index is -1.05. The first-order chi connectivity index (χ1) is 13.3. The van der Waals surface area contributed by atoms with E-state index < -0.39 is 5.97 Å². The van der Waals surface area contributed by atoms with E-state index in [-0.39, 0.29) is 23.4 Å². The van der Waals surface area contributed by atoms with Crippen LogP contribution in [0.25, 0.3) is 0 Å². The molecule has 2 N–H and O–H groups in total. The minimum Gasteiger partial charge on any atom is -0.478 e. The molecule has 0 bridgehead atoms. The number of nitrogens with one attached hydrogen (secondary N) is 1. The zero-order valence-electron chi connectivity index (χ0n) is 16.1. The Morgan fingerprint density at radius 3 is 2.29 bits per heavy atom. The number of amides is 2. The molecule has 6 heteroatoms. The first kappa shape index (κ1) is 19.6. The van der Waals surface area contributed by atoms with E-state index in [1.807, 2.05) is 25.1 Å². The Morgan fingerprint density at radius 1 is 1.00 bits per heavy atom. The SMILES string of the molecule is Cc1cc(C(=O)O)cc(C(=O)N2CCC(NC(=O)c3ccccc3C)CC2)c1. The van der Waals surface area contributed by atoms with Crippen molar-refractivity contribution in [2.45, 2.75) is 32.7 Å². The summed E-state index contributed by atoms with van der Waals surface area (Å²) in [4.78, 5) is 38.2. The molecule has 0 spiro atoms. The first-order valence-corrected chi connectivity index (χ1v) is 9.36. The molecular weight excluding hydrogens is 356 g/mol. The third-order valence-corrected chi connectivity index (χ3v) is 5.08. The second-order valence-corrected chi connectivity index (χ2v) is 7.25. The summed E-state index contributed by atoms with van der Waals surface area (Å²) in [6, 6.07) is 12.2. The van der Waals surface area contributed by atoms with Crippen molar-refractivity contribution < 1.29 is 19.5 Å².